The number of hydrogen-bond donors (Lipinski definition) is 0. The summed E-state index contributed by atoms with van der Waals surface area (Å²) in [5.41, 5.74) is 2.83. The minimum Gasteiger partial charge on any atom is -0.439 e. The van der Waals surface area contributed by atoms with E-state index in [1.807, 2.05) is 66.8 Å². The van der Waals surface area contributed by atoms with E-state index in [1.54, 1.807) is 14.2 Å². The average molecular weight is 570 g/mol. The number of rotatable bonds is 20. The van der Waals surface area contributed by atoms with Gasteiger partial charge in [0.1, 0.15) is 6.61 Å². The lowest BCUT2D eigenvalue weighted by Gasteiger charge is -2.18. The van der Waals surface area contributed by atoms with E-state index in [2.05, 4.69) is 9.47 Å². The summed E-state index contributed by atoms with van der Waals surface area (Å²) in [6.07, 6.45) is 5.83. The number of para-hydroxylation sites is 4. The number of nitrogens with zero attached hydrogens (tertiary/aromatic N) is 2. The van der Waals surface area contributed by atoms with Crippen LogP contribution in [-0.4, -0.2) is 86.8 Å². The van der Waals surface area contributed by atoms with Crippen molar-refractivity contribution in [2.45, 2.75) is 6.54 Å². The van der Waals surface area contributed by atoms with Gasteiger partial charge < -0.3 is 42.5 Å². The number of oxazole rings is 1. The molecule has 0 unspecified atom stereocenters. The van der Waals surface area contributed by atoms with Gasteiger partial charge in [-0.2, -0.15) is 4.57 Å². The molecule has 0 saturated carbocycles. The molecule has 0 N–H and O–H groups in total. The molecule has 10 nitrogen and oxygen atoms in total. The Bertz CT molecular complexity index is 1240. The van der Waals surface area contributed by atoms with Crippen molar-refractivity contribution in [3.05, 3.63) is 72.5 Å². The molecule has 1 aromatic heterocycles. The lowest BCUT2D eigenvalue weighted by Crippen LogP contribution is -2.37. The van der Waals surface area contributed by atoms with E-state index in [1.165, 1.54) is 0 Å². The van der Waals surface area contributed by atoms with Gasteiger partial charge in [0.25, 0.3) is 5.52 Å². The Morgan fingerprint density at radius 3 is 2.12 bits per heavy atom. The van der Waals surface area contributed by atoms with Crippen LogP contribution in [-0.2, 0) is 35.0 Å². The van der Waals surface area contributed by atoms with Gasteiger partial charge in [-0.1, -0.05) is 24.3 Å². The van der Waals surface area contributed by atoms with E-state index >= 15 is 0 Å². The molecular weight excluding hydrogens is 528 g/mol. The van der Waals surface area contributed by atoms with Gasteiger partial charge in [-0.25, -0.2) is 0 Å². The van der Waals surface area contributed by atoms with Gasteiger partial charge in [0.15, 0.2) is 12.3 Å². The Morgan fingerprint density at radius 2 is 1.37 bits per heavy atom. The van der Waals surface area contributed by atoms with Gasteiger partial charge in [-0.3, -0.25) is 0 Å². The molecule has 0 amide bonds. The highest BCUT2D eigenvalue weighted by molar-refractivity contribution is 5.70. The largest absolute Gasteiger partial charge is 0.439 e. The third kappa shape index (κ3) is 9.39. The smallest absolute Gasteiger partial charge is 0.374 e. The summed E-state index contributed by atoms with van der Waals surface area (Å²) in [6.45, 7) is 6.76. The highest BCUT2D eigenvalue weighted by Gasteiger charge is 2.25. The van der Waals surface area contributed by atoms with E-state index in [0.29, 0.717) is 79.2 Å². The maximum Gasteiger partial charge on any atom is 0.374 e. The normalized spacial score (nSPS) is 14.0. The molecular formula is C31H41N2O8+. The van der Waals surface area contributed by atoms with Crippen LogP contribution in [0.1, 0.15) is 5.89 Å². The third-order valence-electron chi connectivity index (χ3n) is 6.28. The fourth-order valence-corrected chi connectivity index (χ4v) is 4.27. The monoisotopic (exact) mass is 569 g/mol. The molecule has 10 heteroatoms. The van der Waals surface area contributed by atoms with Crippen LogP contribution in [0.5, 0.6) is 5.75 Å². The molecule has 0 bridgehead atoms. The van der Waals surface area contributed by atoms with Gasteiger partial charge in [-0.05, 0) is 30.4 Å². The fraction of sp³-hybridized carbons (Fsp3) is 0.452. The topological polar surface area (TPSA) is 84.9 Å². The van der Waals surface area contributed by atoms with Crippen molar-refractivity contribution < 1.29 is 42.1 Å². The Morgan fingerprint density at radius 1 is 0.732 bits per heavy atom. The van der Waals surface area contributed by atoms with Crippen LogP contribution >= 0.6 is 0 Å². The van der Waals surface area contributed by atoms with Crippen LogP contribution in [0.25, 0.3) is 17.2 Å². The Hall–Kier alpha value is -3.25. The van der Waals surface area contributed by atoms with Crippen LogP contribution in [0.3, 0.4) is 0 Å². The highest BCUT2D eigenvalue weighted by atomic mass is 16.5. The van der Waals surface area contributed by atoms with Crippen molar-refractivity contribution >= 4 is 22.9 Å². The second kappa shape index (κ2) is 17.5. The minimum atomic E-state index is 0.523. The summed E-state index contributed by atoms with van der Waals surface area (Å²) in [5.74, 6) is 2.26. The predicted molar refractivity (Wildman–Crippen MR) is 155 cm³/mol. The van der Waals surface area contributed by atoms with Gasteiger partial charge in [0, 0.05) is 26.8 Å². The summed E-state index contributed by atoms with van der Waals surface area (Å²) in [6, 6.07) is 16.0. The van der Waals surface area contributed by atoms with Crippen molar-refractivity contribution in [3.63, 3.8) is 0 Å². The number of allylic oxidation sites excluding steroid dienone is 2. The molecule has 2 aromatic carbocycles. The summed E-state index contributed by atoms with van der Waals surface area (Å²) < 4.78 is 46.9. The van der Waals surface area contributed by atoms with Gasteiger partial charge in [-0.15, -0.1) is 0 Å². The van der Waals surface area contributed by atoms with Crippen molar-refractivity contribution in [3.8, 4) is 5.75 Å². The summed E-state index contributed by atoms with van der Waals surface area (Å²) in [4.78, 5) is 2.11. The van der Waals surface area contributed by atoms with Crippen molar-refractivity contribution in [1.82, 2.24) is 0 Å². The van der Waals surface area contributed by atoms with Crippen LogP contribution in [0, 0.1) is 0 Å². The molecule has 0 fully saturated rings. The zero-order valence-corrected chi connectivity index (χ0v) is 24.0. The first-order valence-corrected chi connectivity index (χ1v) is 13.9. The average Bonchev–Trinajstić information content (AvgIpc) is 3.53. The lowest BCUT2D eigenvalue weighted by atomic mass is 10.3. The maximum atomic E-state index is 6.16. The SMILES string of the molecule is COCCOCCOCCN1/C(=C\C=C\c2oc3ccccc3[n+]2CCOCCOCCOC)Oc2ccccc21. The van der Waals surface area contributed by atoms with Crippen molar-refractivity contribution in [2.24, 2.45) is 0 Å². The molecule has 0 saturated heterocycles. The number of anilines is 1. The fourth-order valence-electron chi connectivity index (χ4n) is 4.27. The second-order valence-electron chi connectivity index (χ2n) is 9.08. The first-order valence-electron chi connectivity index (χ1n) is 13.9. The first kappa shape index (κ1) is 30.7. The Labute approximate surface area is 241 Å². The van der Waals surface area contributed by atoms with Crippen LogP contribution in [0.15, 0.2) is 71.0 Å². The Balaban J connectivity index is 1.36. The molecule has 0 radical (unpaired) electrons. The standard InChI is InChI=1S/C31H41N2O8/c1-34-18-20-38-24-22-36-16-14-32-26-8-3-5-10-28(26)40-30(32)12-7-13-31-33(27-9-4-6-11-29(27)41-31)15-17-37-23-25-39-21-19-35-2/h3-13H,14-25H2,1-2H3/q+1. The maximum absolute atomic E-state index is 6.16. The van der Waals surface area contributed by atoms with Gasteiger partial charge in [0.05, 0.1) is 71.2 Å². The molecule has 2 heterocycles. The second-order valence-corrected chi connectivity index (χ2v) is 9.08. The Kier molecular flexibility index (Phi) is 13.1. The van der Waals surface area contributed by atoms with Gasteiger partial charge in [0.2, 0.25) is 11.5 Å². The quantitative estimate of drug-likeness (QED) is 0.149. The lowest BCUT2D eigenvalue weighted by molar-refractivity contribution is -0.679. The number of ether oxygens (including phenoxy) is 7. The predicted octanol–water partition coefficient (Wildman–Crippen LogP) is 3.83. The summed E-state index contributed by atoms with van der Waals surface area (Å²) in [7, 11) is 3.31. The minimum absolute atomic E-state index is 0.523. The molecule has 222 valence electrons. The highest BCUT2D eigenvalue weighted by Crippen LogP contribution is 2.38. The molecule has 0 aliphatic carbocycles. The van der Waals surface area contributed by atoms with Crippen molar-refractivity contribution in [2.75, 3.05) is 91.7 Å². The van der Waals surface area contributed by atoms with E-state index < -0.39 is 0 Å². The molecule has 41 heavy (non-hydrogen) atoms. The molecule has 0 spiro atoms. The van der Waals surface area contributed by atoms with Crippen LogP contribution < -0.4 is 14.2 Å². The summed E-state index contributed by atoms with van der Waals surface area (Å²) >= 11 is 0. The number of benzene rings is 2. The van der Waals surface area contributed by atoms with E-state index in [4.69, 9.17) is 37.6 Å². The van der Waals surface area contributed by atoms with E-state index in [9.17, 15) is 0 Å². The molecule has 0 atom stereocenters. The third-order valence-corrected chi connectivity index (χ3v) is 6.28. The molecule has 1 aliphatic rings. The van der Waals surface area contributed by atoms with Gasteiger partial charge >= 0.3 is 5.89 Å². The molecule has 3 aromatic rings. The molecule has 4 rings (SSSR count). The van der Waals surface area contributed by atoms with E-state index in [-0.39, 0.29) is 0 Å². The van der Waals surface area contributed by atoms with Crippen LogP contribution in [0.2, 0.25) is 0 Å². The summed E-state index contributed by atoms with van der Waals surface area (Å²) in [5, 5.41) is 0. The number of methoxy groups -OCH3 is 2. The van der Waals surface area contributed by atoms with Crippen LogP contribution in [0.4, 0.5) is 5.69 Å². The zero-order valence-electron chi connectivity index (χ0n) is 24.0. The number of fused-ring (bicyclic) bond motifs is 2. The molecule has 1 aliphatic heterocycles. The van der Waals surface area contributed by atoms with E-state index in [0.717, 1.165) is 34.3 Å². The first-order chi connectivity index (χ1) is 20.3. The van der Waals surface area contributed by atoms with Crippen molar-refractivity contribution in [1.29, 1.82) is 0 Å². The number of aromatic nitrogens is 1. The zero-order chi connectivity index (χ0) is 28.5. The number of hydrogen-bond acceptors (Lipinski definition) is 9.